The van der Waals surface area contributed by atoms with Crippen LogP contribution in [0.15, 0.2) is 97.1 Å². The molecule has 0 aromatic heterocycles. The molecule has 49 heavy (non-hydrogen) atoms. The summed E-state index contributed by atoms with van der Waals surface area (Å²) in [7, 11) is -8.38. The van der Waals surface area contributed by atoms with Crippen molar-refractivity contribution in [1.82, 2.24) is 0 Å². The maximum atomic E-state index is 12.7. The van der Waals surface area contributed by atoms with Crippen LogP contribution in [0.1, 0.15) is 83.3 Å². The van der Waals surface area contributed by atoms with Gasteiger partial charge in [-0.2, -0.15) is 8.42 Å². The zero-order valence-electron chi connectivity index (χ0n) is 28.8. The molecule has 0 N–H and O–H groups in total. The molecule has 4 aromatic carbocycles. The lowest BCUT2D eigenvalue weighted by atomic mass is 9.78. The van der Waals surface area contributed by atoms with E-state index < -0.39 is 31.2 Å². The Morgan fingerprint density at radius 1 is 0.551 bits per heavy atom. The first-order valence-electron chi connectivity index (χ1n) is 15.6. The van der Waals surface area contributed by atoms with Crippen LogP contribution in [0.5, 0.6) is 28.7 Å². The first kappa shape index (κ1) is 37.3. The maximum Gasteiger partial charge on any atom is 0.500 e. The molecule has 12 heteroatoms. The van der Waals surface area contributed by atoms with Crippen LogP contribution in [-0.2, 0) is 25.9 Å². The molecule has 0 radical (unpaired) electrons. The Hall–Kier alpha value is -4.55. The highest BCUT2D eigenvalue weighted by Crippen LogP contribution is 2.34. The van der Waals surface area contributed by atoms with Crippen LogP contribution in [0.4, 0.5) is 0 Å². The average Bonchev–Trinajstić information content (AvgIpc) is 3.01. The van der Waals surface area contributed by atoms with Crippen molar-refractivity contribution in [3.05, 3.63) is 114 Å². The standard InChI is InChI=1S/C37H42O10S2/c1-9-36(5,6)48(39,40)45-31-24-22-29(23-25-31)43-34(38)26-10-16-32(17-11-26)46-49(41,42)47-33-20-14-28(15-21-33)37(7,8)27-12-18-30(19-13-27)44-35(2,3)4/h10-25H,9H2,1-8H3. The normalized spacial score (nSPS) is 12.6. The Morgan fingerprint density at radius 2 is 0.939 bits per heavy atom. The third kappa shape index (κ3) is 9.76. The van der Waals surface area contributed by atoms with Gasteiger partial charge in [-0.15, -0.1) is 8.42 Å². The molecule has 0 atom stereocenters. The second-order valence-corrected chi connectivity index (χ2v) is 16.8. The number of carbonyl (C=O) groups excluding carboxylic acids is 1. The van der Waals surface area contributed by atoms with Crippen molar-refractivity contribution in [2.45, 2.75) is 77.6 Å². The first-order valence-corrected chi connectivity index (χ1v) is 18.3. The number of ether oxygens (including phenoxy) is 2. The fourth-order valence-corrected chi connectivity index (χ4v) is 6.10. The van der Waals surface area contributed by atoms with Crippen molar-refractivity contribution in [2.75, 3.05) is 0 Å². The van der Waals surface area contributed by atoms with Crippen molar-refractivity contribution in [1.29, 1.82) is 0 Å². The Bertz CT molecular complexity index is 1960. The molecular weight excluding hydrogens is 669 g/mol. The zero-order valence-corrected chi connectivity index (χ0v) is 30.5. The molecule has 0 bridgehead atoms. The van der Waals surface area contributed by atoms with E-state index in [1.54, 1.807) is 45.0 Å². The van der Waals surface area contributed by atoms with Crippen molar-refractivity contribution >= 4 is 26.5 Å². The van der Waals surface area contributed by atoms with Gasteiger partial charge in [0.2, 0.25) is 0 Å². The molecule has 262 valence electrons. The van der Waals surface area contributed by atoms with E-state index in [4.69, 9.17) is 22.0 Å². The van der Waals surface area contributed by atoms with Crippen LogP contribution in [0, 0.1) is 0 Å². The molecule has 0 aliphatic rings. The van der Waals surface area contributed by atoms with Crippen LogP contribution >= 0.6 is 0 Å². The predicted octanol–water partition coefficient (Wildman–Crippen LogP) is 8.01. The van der Waals surface area contributed by atoms with Gasteiger partial charge in [-0.3, -0.25) is 0 Å². The quantitative estimate of drug-likeness (QED) is 0.0764. The summed E-state index contributed by atoms with van der Waals surface area (Å²) < 4.78 is 75.9. The summed E-state index contributed by atoms with van der Waals surface area (Å²) in [5.41, 5.74) is 1.43. The van der Waals surface area contributed by atoms with Crippen molar-refractivity contribution in [3.8, 4) is 28.7 Å². The topological polar surface area (TPSA) is 132 Å². The van der Waals surface area contributed by atoms with Crippen LogP contribution in [0.3, 0.4) is 0 Å². The van der Waals surface area contributed by atoms with Crippen molar-refractivity contribution < 1.29 is 43.7 Å². The van der Waals surface area contributed by atoms with Gasteiger partial charge in [0, 0.05) is 5.41 Å². The summed E-state index contributed by atoms with van der Waals surface area (Å²) in [4.78, 5) is 12.7. The van der Waals surface area contributed by atoms with Gasteiger partial charge in [0.15, 0.2) is 0 Å². The van der Waals surface area contributed by atoms with Gasteiger partial charge in [0.05, 0.1) is 5.56 Å². The number of hydrogen-bond donors (Lipinski definition) is 0. The highest BCUT2D eigenvalue weighted by atomic mass is 32.3. The summed E-state index contributed by atoms with van der Waals surface area (Å²) >= 11 is 0. The minimum atomic E-state index is -4.50. The summed E-state index contributed by atoms with van der Waals surface area (Å²) in [6, 6.07) is 25.4. The predicted molar refractivity (Wildman–Crippen MR) is 187 cm³/mol. The number of benzene rings is 4. The Labute approximate surface area is 289 Å². The van der Waals surface area contributed by atoms with Gasteiger partial charge in [-0.1, -0.05) is 45.0 Å². The van der Waals surface area contributed by atoms with Crippen LogP contribution in [0.2, 0.25) is 0 Å². The Kier molecular flexibility index (Phi) is 10.7. The number of esters is 1. The summed E-state index contributed by atoms with van der Waals surface area (Å²) in [5, 5.41) is 0. The van der Waals surface area contributed by atoms with Gasteiger partial charge in [-0.05, 0) is 125 Å². The molecule has 0 saturated carbocycles. The largest absolute Gasteiger partial charge is 0.500 e. The monoisotopic (exact) mass is 710 g/mol. The lowest BCUT2D eigenvalue weighted by Gasteiger charge is -2.27. The summed E-state index contributed by atoms with van der Waals surface area (Å²) in [6.45, 7) is 15.0. The maximum absolute atomic E-state index is 12.7. The first-order chi connectivity index (χ1) is 22.7. The smallest absolute Gasteiger partial charge is 0.488 e. The summed E-state index contributed by atoms with van der Waals surface area (Å²) in [5.74, 6) is 0.272. The minimum absolute atomic E-state index is 0.0665. The van der Waals surface area contributed by atoms with Gasteiger partial charge in [0.25, 0.3) is 0 Å². The number of carbonyl (C=O) groups is 1. The third-order valence-corrected chi connectivity index (χ3v) is 10.7. The molecule has 0 aliphatic heterocycles. The molecule has 0 saturated heterocycles. The van der Waals surface area contributed by atoms with Gasteiger partial charge in [-0.25, -0.2) is 4.79 Å². The Balaban J connectivity index is 1.33. The van der Waals surface area contributed by atoms with E-state index in [0.717, 1.165) is 16.9 Å². The van der Waals surface area contributed by atoms with Crippen molar-refractivity contribution in [3.63, 3.8) is 0 Å². The average molecular weight is 711 g/mol. The fraction of sp³-hybridized carbons (Fsp3) is 0.324. The van der Waals surface area contributed by atoms with Crippen LogP contribution < -0.4 is 22.0 Å². The molecule has 4 aromatic rings. The summed E-state index contributed by atoms with van der Waals surface area (Å²) in [6.07, 6.45) is 0.367. The van der Waals surface area contributed by atoms with E-state index in [2.05, 4.69) is 13.8 Å². The number of hydrogen-bond acceptors (Lipinski definition) is 10. The van der Waals surface area contributed by atoms with E-state index in [9.17, 15) is 21.6 Å². The van der Waals surface area contributed by atoms with E-state index in [-0.39, 0.29) is 39.6 Å². The SMILES string of the molecule is CCC(C)(C)S(=O)(=O)Oc1ccc(OC(=O)c2ccc(OS(=O)(=O)Oc3ccc(C(C)(C)c4ccc(OC(C)(C)C)cc4)cc3)cc2)cc1. The molecule has 4 rings (SSSR count). The van der Waals surface area contributed by atoms with Crippen LogP contribution in [-0.4, -0.2) is 33.2 Å². The van der Waals surface area contributed by atoms with E-state index in [1.165, 1.54) is 48.5 Å². The van der Waals surface area contributed by atoms with E-state index in [0.29, 0.717) is 6.42 Å². The van der Waals surface area contributed by atoms with E-state index in [1.807, 2.05) is 45.0 Å². The Morgan fingerprint density at radius 3 is 1.39 bits per heavy atom. The van der Waals surface area contributed by atoms with Crippen molar-refractivity contribution in [2.24, 2.45) is 0 Å². The molecular formula is C37H42O10S2. The van der Waals surface area contributed by atoms with Gasteiger partial charge < -0.3 is 22.0 Å². The zero-order chi connectivity index (χ0) is 36.3. The second kappa shape index (κ2) is 14.1. The molecule has 0 unspecified atom stereocenters. The second-order valence-electron chi connectivity index (χ2n) is 13.5. The van der Waals surface area contributed by atoms with E-state index >= 15 is 0 Å². The molecule has 0 amide bonds. The molecule has 0 spiro atoms. The highest BCUT2D eigenvalue weighted by Gasteiger charge is 2.34. The lowest BCUT2D eigenvalue weighted by molar-refractivity contribution is 0.0734. The van der Waals surface area contributed by atoms with Gasteiger partial charge in [0.1, 0.15) is 39.1 Å². The molecule has 0 fully saturated rings. The molecule has 0 heterocycles. The lowest BCUT2D eigenvalue weighted by Crippen LogP contribution is -2.34. The molecule has 10 nitrogen and oxygen atoms in total. The number of rotatable bonds is 13. The third-order valence-electron chi connectivity index (χ3n) is 7.83. The van der Waals surface area contributed by atoms with Gasteiger partial charge >= 0.3 is 26.5 Å². The highest BCUT2D eigenvalue weighted by molar-refractivity contribution is 7.88. The fourth-order valence-electron chi connectivity index (χ4n) is 4.43. The minimum Gasteiger partial charge on any atom is -0.488 e. The van der Waals surface area contributed by atoms with Crippen LogP contribution in [0.25, 0.3) is 0 Å². The molecule has 0 aliphatic carbocycles.